The zero-order chi connectivity index (χ0) is 18.0. The van der Waals surface area contributed by atoms with Crippen molar-refractivity contribution in [1.29, 1.82) is 0 Å². The summed E-state index contributed by atoms with van der Waals surface area (Å²) in [6.07, 6.45) is 0.299. The number of benzene rings is 2. The number of hydrogen-bond acceptors (Lipinski definition) is 3. The number of urea groups is 1. The normalized spacial score (nSPS) is 19.7. The highest BCUT2D eigenvalue weighted by atomic mass is 19.1. The lowest BCUT2D eigenvalue weighted by Gasteiger charge is -2.25. The maximum atomic E-state index is 13.7. The minimum Gasteiger partial charge on any atom is -0.318 e. The predicted octanol–water partition coefficient (Wildman–Crippen LogP) is 2.33. The van der Waals surface area contributed by atoms with Crippen LogP contribution < -0.4 is 10.7 Å². The van der Waals surface area contributed by atoms with Gasteiger partial charge in [0.1, 0.15) is 11.4 Å². The maximum absolute atomic E-state index is 13.7. The van der Waals surface area contributed by atoms with Crippen molar-refractivity contribution in [2.45, 2.75) is 18.9 Å². The highest BCUT2D eigenvalue weighted by molar-refractivity contribution is 6.09. The Morgan fingerprint density at radius 2 is 1.76 bits per heavy atom. The highest BCUT2D eigenvalue weighted by Crippen LogP contribution is 2.31. The van der Waals surface area contributed by atoms with Crippen LogP contribution in [0, 0.1) is 5.82 Å². The van der Waals surface area contributed by atoms with Crippen molar-refractivity contribution in [2.24, 2.45) is 0 Å². The van der Waals surface area contributed by atoms with Crippen LogP contribution in [0.4, 0.5) is 9.18 Å². The molecule has 1 aliphatic heterocycles. The second kappa shape index (κ2) is 6.35. The van der Waals surface area contributed by atoms with Gasteiger partial charge in [-0.1, -0.05) is 49.4 Å². The molecule has 25 heavy (non-hydrogen) atoms. The Balaban J connectivity index is 1.89. The molecule has 6 nitrogen and oxygen atoms in total. The minimum absolute atomic E-state index is 0.253. The predicted molar refractivity (Wildman–Crippen MR) is 87.7 cm³/mol. The molecule has 3 rings (SSSR count). The number of hydrogen-bond donors (Lipinski definition) is 2. The minimum atomic E-state index is -1.26. The molecule has 1 fully saturated rings. The van der Waals surface area contributed by atoms with E-state index in [1.54, 1.807) is 37.3 Å². The van der Waals surface area contributed by atoms with E-state index in [2.05, 4.69) is 10.7 Å². The third-order valence-electron chi connectivity index (χ3n) is 4.22. The summed E-state index contributed by atoms with van der Waals surface area (Å²) in [6, 6.07) is 13.3. The first-order valence-corrected chi connectivity index (χ1v) is 7.77. The molecule has 1 heterocycles. The molecule has 2 aromatic carbocycles. The molecule has 1 atom stereocenters. The number of carbonyl (C=O) groups excluding carboxylic acids is 3. The lowest BCUT2D eigenvalue weighted by atomic mass is 9.87. The molecule has 1 saturated heterocycles. The number of amides is 4. The monoisotopic (exact) mass is 341 g/mol. The van der Waals surface area contributed by atoms with E-state index in [4.69, 9.17) is 0 Å². The van der Waals surface area contributed by atoms with Crippen molar-refractivity contribution >= 4 is 17.8 Å². The molecule has 4 amide bonds. The highest BCUT2D eigenvalue weighted by Gasteiger charge is 2.52. The Hall–Kier alpha value is -3.22. The van der Waals surface area contributed by atoms with Gasteiger partial charge >= 0.3 is 6.03 Å². The van der Waals surface area contributed by atoms with Crippen LogP contribution in [0.25, 0.3) is 0 Å². The van der Waals surface area contributed by atoms with Gasteiger partial charge in [0.15, 0.2) is 0 Å². The first kappa shape index (κ1) is 16.6. The van der Waals surface area contributed by atoms with Crippen LogP contribution in [-0.2, 0) is 10.3 Å². The summed E-state index contributed by atoms with van der Waals surface area (Å²) in [5, 5.41) is 3.24. The molecule has 0 aliphatic carbocycles. The number of hydrazine groups is 1. The number of nitrogens with one attached hydrogen (secondary N) is 2. The molecule has 0 unspecified atom stereocenters. The third kappa shape index (κ3) is 2.73. The van der Waals surface area contributed by atoms with Gasteiger partial charge in [-0.3, -0.25) is 15.0 Å². The molecular formula is C18H16FN3O3. The summed E-state index contributed by atoms with van der Waals surface area (Å²) >= 11 is 0. The van der Waals surface area contributed by atoms with Gasteiger partial charge in [0, 0.05) is 0 Å². The lowest BCUT2D eigenvalue weighted by molar-refractivity contribution is -0.133. The second-order valence-electron chi connectivity index (χ2n) is 5.62. The van der Waals surface area contributed by atoms with Gasteiger partial charge in [-0.2, -0.15) is 5.01 Å². The van der Waals surface area contributed by atoms with Crippen molar-refractivity contribution in [1.82, 2.24) is 15.8 Å². The fourth-order valence-electron chi connectivity index (χ4n) is 2.85. The zero-order valence-electron chi connectivity index (χ0n) is 13.5. The largest absolute Gasteiger partial charge is 0.344 e. The van der Waals surface area contributed by atoms with Gasteiger partial charge in [0.2, 0.25) is 0 Å². The summed E-state index contributed by atoms with van der Waals surface area (Å²) in [4.78, 5) is 37.3. The Morgan fingerprint density at radius 3 is 2.40 bits per heavy atom. The van der Waals surface area contributed by atoms with Gasteiger partial charge in [-0.25, -0.2) is 9.18 Å². The van der Waals surface area contributed by atoms with E-state index < -0.39 is 29.2 Å². The summed E-state index contributed by atoms with van der Waals surface area (Å²) in [6.45, 7) is 1.76. The van der Waals surface area contributed by atoms with Crippen molar-refractivity contribution in [3.63, 3.8) is 0 Å². The van der Waals surface area contributed by atoms with E-state index in [0.717, 1.165) is 6.07 Å². The molecular weight excluding hydrogens is 325 g/mol. The van der Waals surface area contributed by atoms with Gasteiger partial charge in [0.05, 0.1) is 5.56 Å². The van der Waals surface area contributed by atoms with Gasteiger partial charge in [0.25, 0.3) is 11.8 Å². The van der Waals surface area contributed by atoms with Gasteiger partial charge < -0.3 is 5.32 Å². The van der Waals surface area contributed by atoms with Crippen LogP contribution in [0.15, 0.2) is 54.6 Å². The van der Waals surface area contributed by atoms with Crippen molar-refractivity contribution in [3.8, 4) is 0 Å². The fourth-order valence-corrected chi connectivity index (χ4v) is 2.85. The number of rotatable bonds is 4. The first-order valence-electron chi connectivity index (χ1n) is 7.77. The average molecular weight is 341 g/mol. The fraction of sp³-hybridized carbons (Fsp3) is 0.167. The SMILES string of the molecule is CC[C@]1(c2ccccc2)NC(=O)N(NC(=O)c2ccccc2F)C1=O. The van der Waals surface area contributed by atoms with Crippen LogP contribution in [0.1, 0.15) is 29.3 Å². The van der Waals surface area contributed by atoms with Gasteiger partial charge in [-0.05, 0) is 24.1 Å². The average Bonchev–Trinajstić information content (AvgIpc) is 2.88. The molecule has 2 aromatic rings. The Morgan fingerprint density at radius 1 is 1.12 bits per heavy atom. The first-order chi connectivity index (χ1) is 12.0. The molecule has 0 spiro atoms. The number of halogens is 1. The van der Waals surface area contributed by atoms with E-state index >= 15 is 0 Å². The molecule has 128 valence electrons. The number of nitrogens with zero attached hydrogens (tertiary/aromatic N) is 1. The molecule has 0 aromatic heterocycles. The quantitative estimate of drug-likeness (QED) is 0.838. The smallest absolute Gasteiger partial charge is 0.318 e. The van der Waals surface area contributed by atoms with E-state index in [0.29, 0.717) is 17.0 Å². The number of imide groups is 1. The second-order valence-corrected chi connectivity index (χ2v) is 5.62. The van der Waals surface area contributed by atoms with Crippen LogP contribution >= 0.6 is 0 Å². The lowest BCUT2D eigenvalue weighted by Crippen LogP contribution is -2.48. The molecule has 0 saturated carbocycles. The summed E-state index contributed by atoms with van der Waals surface area (Å²) < 4.78 is 13.7. The van der Waals surface area contributed by atoms with Gasteiger partial charge in [-0.15, -0.1) is 0 Å². The summed E-state index contributed by atoms with van der Waals surface area (Å²) in [5.74, 6) is -2.23. The molecule has 2 N–H and O–H groups in total. The Bertz CT molecular complexity index is 840. The van der Waals surface area contributed by atoms with Crippen LogP contribution in [0.3, 0.4) is 0 Å². The molecule has 0 radical (unpaired) electrons. The molecule has 7 heteroatoms. The number of carbonyl (C=O) groups is 3. The Kier molecular flexibility index (Phi) is 4.22. The van der Waals surface area contributed by atoms with E-state index in [9.17, 15) is 18.8 Å². The third-order valence-corrected chi connectivity index (χ3v) is 4.22. The molecule has 0 bridgehead atoms. The Labute approximate surface area is 143 Å². The maximum Gasteiger partial charge on any atom is 0.344 e. The standard InChI is InChI=1S/C18H16FN3O3/c1-2-18(12-8-4-3-5-9-12)16(24)22(17(25)20-18)21-15(23)13-10-6-7-11-14(13)19/h3-11H,2H2,1H3,(H,20,25)(H,21,23)/t18-/m1/s1. The topological polar surface area (TPSA) is 78.5 Å². The van der Waals surface area contributed by atoms with Crippen molar-refractivity contribution in [2.75, 3.05) is 0 Å². The van der Waals surface area contributed by atoms with Crippen molar-refractivity contribution in [3.05, 3.63) is 71.5 Å². The van der Waals surface area contributed by atoms with E-state index in [-0.39, 0.29) is 5.56 Å². The summed E-state index contributed by atoms with van der Waals surface area (Å²) in [5.41, 5.74) is 1.28. The molecule has 1 aliphatic rings. The van der Waals surface area contributed by atoms with Crippen molar-refractivity contribution < 1.29 is 18.8 Å². The zero-order valence-corrected chi connectivity index (χ0v) is 13.5. The van der Waals surface area contributed by atoms with Crippen LogP contribution in [0.2, 0.25) is 0 Å². The van der Waals surface area contributed by atoms with E-state index in [1.165, 1.54) is 18.2 Å². The van der Waals surface area contributed by atoms with Crippen LogP contribution in [0.5, 0.6) is 0 Å². The van der Waals surface area contributed by atoms with E-state index in [1.807, 2.05) is 0 Å². The van der Waals surface area contributed by atoms with Crippen LogP contribution in [-0.4, -0.2) is 22.9 Å². The summed E-state index contributed by atoms with van der Waals surface area (Å²) in [7, 11) is 0.